The summed E-state index contributed by atoms with van der Waals surface area (Å²) in [6.07, 6.45) is 6.65. The average Bonchev–Trinajstić information content (AvgIpc) is 3.14. The zero-order chi connectivity index (χ0) is 18.5. The molecule has 1 aromatic carbocycles. The van der Waals surface area contributed by atoms with E-state index in [1.54, 1.807) is 30.5 Å². The number of rotatable bonds is 6. The highest BCUT2D eigenvalue weighted by Crippen LogP contribution is 2.22. The van der Waals surface area contributed by atoms with Crippen molar-refractivity contribution in [2.24, 2.45) is 5.92 Å². The van der Waals surface area contributed by atoms with Crippen LogP contribution in [0.15, 0.2) is 36.7 Å². The lowest BCUT2D eigenvalue weighted by Gasteiger charge is -2.32. The number of hydrogen-bond donors (Lipinski definition) is 0. The van der Waals surface area contributed by atoms with Crippen LogP contribution in [0, 0.1) is 5.92 Å². The summed E-state index contributed by atoms with van der Waals surface area (Å²) in [6.45, 7) is 3.92. The number of amides is 1. The Morgan fingerprint density at radius 2 is 2.04 bits per heavy atom. The van der Waals surface area contributed by atoms with Crippen LogP contribution in [0.2, 0.25) is 5.02 Å². The third kappa shape index (κ3) is 4.33. The summed E-state index contributed by atoms with van der Waals surface area (Å²) in [5.74, 6) is 1.07. The Morgan fingerprint density at radius 3 is 2.77 bits per heavy atom. The fourth-order valence-electron chi connectivity index (χ4n) is 3.50. The van der Waals surface area contributed by atoms with Gasteiger partial charge in [0.1, 0.15) is 5.82 Å². The molecule has 1 atom stereocenters. The Bertz CT molecular complexity index is 770. The second-order valence-corrected chi connectivity index (χ2v) is 7.13. The second-order valence-electron chi connectivity index (χ2n) is 6.69. The van der Waals surface area contributed by atoms with Crippen LogP contribution in [0.1, 0.15) is 42.4 Å². The van der Waals surface area contributed by atoms with Gasteiger partial charge in [0.2, 0.25) is 5.91 Å². The van der Waals surface area contributed by atoms with Crippen LogP contribution in [0.25, 0.3) is 0 Å². The molecule has 0 saturated carbocycles. The molecule has 2 heterocycles. The molecule has 1 saturated heterocycles. The lowest BCUT2D eigenvalue weighted by Crippen LogP contribution is -2.42. The molecule has 0 aliphatic carbocycles. The van der Waals surface area contributed by atoms with Gasteiger partial charge in [0.05, 0.1) is 0 Å². The lowest BCUT2D eigenvalue weighted by molar-refractivity contribution is -0.132. The van der Waals surface area contributed by atoms with E-state index in [9.17, 15) is 9.59 Å². The Hall–Kier alpha value is -2.14. The Kier molecular flexibility index (Phi) is 6.09. The topological polar surface area (TPSA) is 55.2 Å². The van der Waals surface area contributed by atoms with E-state index in [1.807, 2.05) is 15.7 Å². The predicted molar refractivity (Wildman–Crippen MR) is 101 cm³/mol. The van der Waals surface area contributed by atoms with Crippen LogP contribution in [0.3, 0.4) is 0 Å². The Labute approximate surface area is 159 Å². The molecule has 1 aliphatic heterocycles. The van der Waals surface area contributed by atoms with Crippen LogP contribution in [-0.4, -0.2) is 39.2 Å². The number of carbonyl (C=O) groups excluding carboxylic acids is 2. The maximum atomic E-state index is 12.7. The molecular weight excluding hydrogens is 350 g/mol. The minimum Gasteiger partial charge on any atom is -0.342 e. The van der Waals surface area contributed by atoms with E-state index < -0.39 is 0 Å². The van der Waals surface area contributed by atoms with Crippen molar-refractivity contribution in [3.63, 3.8) is 0 Å². The van der Waals surface area contributed by atoms with E-state index in [0.29, 0.717) is 30.1 Å². The number of nitrogens with zero attached hydrogens (tertiary/aromatic N) is 3. The molecule has 0 bridgehead atoms. The molecule has 1 amide bonds. The molecule has 3 rings (SSSR count). The van der Waals surface area contributed by atoms with Gasteiger partial charge in [-0.25, -0.2) is 4.98 Å². The summed E-state index contributed by atoms with van der Waals surface area (Å²) in [7, 11) is 0. The van der Waals surface area contributed by atoms with E-state index in [4.69, 9.17) is 11.6 Å². The van der Waals surface area contributed by atoms with Crippen molar-refractivity contribution in [2.45, 2.75) is 39.2 Å². The van der Waals surface area contributed by atoms with Crippen molar-refractivity contribution in [3.05, 3.63) is 53.1 Å². The minimum atomic E-state index is -0.131. The Balaban J connectivity index is 1.58. The molecule has 0 spiro atoms. The normalized spacial score (nSPS) is 17.3. The van der Waals surface area contributed by atoms with Crippen LogP contribution in [0.4, 0.5) is 0 Å². The smallest absolute Gasteiger partial charge is 0.224 e. The van der Waals surface area contributed by atoms with Crippen molar-refractivity contribution in [2.75, 3.05) is 13.1 Å². The summed E-state index contributed by atoms with van der Waals surface area (Å²) in [5, 5.41) is 0.618. The quantitative estimate of drug-likeness (QED) is 0.727. The molecule has 6 heteroatoms. The third-order valence-corrected chi connectivity index (χ3v) is 5.21. The molecule has 1 fully saturated rings. The zero-order valence-corrected chi connectivity index (χ0v) is 15.8. The van der Waals surface area contributed by atoms with E-state index in [0.717, 1.165) is 31.6 Å². The molecule has 1 aliphatic rings. The molecule has 26 heavy (non-hydrogen) atoms. The zero-order valence-electron chi connectivity index (χ0n) is 15.0. The highest BCUT2D eigenvalue weighted by molar-refractivity contribution is 6.30. The average molecular weight is 374 g/mol. The van der Waals surface area contributed by atoms with Crippen LogP contribution < -0.4 is 0 Å². The first kappa shape index (κ1) is 18.6. The molecular formula is C20H24ClN3O2. The van der Waals surface area contributed by atoms with Gasteiger partial charge >= 0.3 is 0 Å². The summed E-state index contributed by atoms with van der Waals surface area (Å²) < 4.78 is 2.03. The standard InChI is InChI=1S/C20H24ClN3O2/c1-2-18-22-10-13-23(18)12-9-19(25)24-11-3-4-16(14-24)20(26)15-5-7-17(21)8-6-15/h5-8,10,13,16H,2-4,9,11-12,14H2,1H3/t16-/m0/s1. The first-order valence-electron chi connectivity index (χ1n) is 9.16. The number of imidazole rings is 1. The third-order valence-electron chi connectivity index (χ3n) is 4.96. The number of ketones is 1. The molecule has 0 unspecified atom stereocenters. The molecule has 2 aromatic rings. The first-order chi connectivity index (χ1) is 12.6. The minimum absolute atomic E-state index is 0.0991. The number of aromatic nitrogens is 2. The number of hydrogen-bond acceptors (Lipinski definition) is 3. The second kappa shape index (κ2) is 8.49. The van der Waals surface area contributed by atoms with Gasteiger partial charge in [-0.15, -0.1) is 0 Å². The number of halogens is 1. The number of likely N-dealkylation sites (tertiary alicyclic amines) is 1. The number of piperidine rings is 1. The van der Waals surface area contributed by atoms with Gasteiger partial charge in [-0.1, -0.05) is 18.5 Å². The summed E-state index contributed by atoms with van der Waals surface area (Å²) >= 11 is 5.89. The summed E-state index contributed by atoms with van der Waals surface area (Å²) in [5.41, 5.74) is 0.666. The lowest BCUT2D eigenvalue weighted by atomic mass is 9.90. The van der Waals surface area contributed by atoms with E-state index in [-0.39, 0.29) is 17.6 Å². The highest BCUT2D eigenvalue weighted by atomic mass is 35.5. The molecule has 1 aromatic heterocycles. The first-order valence-corrected chi connectivity index (χ1v) is 9.54. The van der Waals surface area contributed by atoms with E-state index in [2.05, 4.69) is 11.9 Å². The van der Waals surface area contributed by atoms with Gasteiger partial charge in [-0.3, -0.25) is 9.59 Å². The number of Topliss-reactive ketones (excluding diaryl/α,β-unsaturated/α-hetero) is 1. The molecule has 0 radical (unpaired) electrons. The SMILES string of the molecule is CCc1nccn1CCC(=O)N1CCC[C@H](C(=O)c2ccc(Cl)cc2)C1. The van der Waals surface area contributed by atoms with Gasteiger partial charge in [-0.2, -0.15) is 0 Å². The summed E-state index contributed by atoms with van der Waals surface area (Å²) in [6, 6.07) is 6.99. The summed E-state index contributed by atoms with van der Waals surface area (Å²) in [4.78, 5) is 31.4. The monoisotopic (exact) mass is 373 g/mol. The predicted octanol–water partition coefficient (Wildman–Crippen LogP) is 3.61. The fraction of sp³-hybridized carbons (Fsp3) is 0.450. The Morgan fingerprint density at radius 1 is 1.27 bits per heavy atom. The molecule has 5 nitrogen and oxygen atoms in total. The van der Waals surface area contributed by atoms with Crippen molar-refractivity contribution in [3.8, 4) is 0 Å². The number of aryl methyl sites for hydroxylation is 2. The van der Waals surface area contributed by atoms with Crippen LogP contribution in [-0.2, 0) is 17.8 Å². The van der Waals surface area contributed by atoms with Crippen LogP contribution >= 0.6 is 11.6 Å². The molecule has 0 N–H and O–H groups in total. The largest absolute Gasteiger partial charge is 0.342 e. The van der Waals surface area contributed by atoms with Gasteiger partial charge in [0.15, 0.2) is 5.78 Å². The maximum Gasteiger partial charge on any atom is 0.224 e. The van der Waals surface area contributed by atoms with Gasteiger partial charge in [-0.05, 0) is 37.1 Å². The number of carbonyl (C=O) groups is 2. The highest BCUT2D eigenvalue weighted by Gasteiger charge is 2.28. The van der Waals surface area contributed by atoms with E-state index in [1.165, 1.54) is 0 Å². The molecule has 138 valence electrons. The van der Waals surface area contributed by atoms with Gasteiger partial charge < -0.3 is 9.47 Å². The maximum absolute atomic E-state index is 12.7. The van der Waals surface area contributed by atoms with Crippen molar-refractivity contribution in [1.29, 1.82) is 0 Å². The van der Waals surface area contributed by atoms with Crippen molar-refractivity contribution in [1.82, 2.24) is 14.5 Å². The van der Waals surface area contributed by atoms with Gasteiger partial charge in [0.25, 0.3) is 0 Å². The van der Waals surface area contributed by atoms with Gasteiger partial charge in [0, 0.05) is 61.4 Å². The van der Waals surface area contributed by atoms with Crippen molar-refractivity contribution < 1.29 is 9.59 Å². The fourth-order valence-corrected chi connectivity index (χ4v) is 3.63. The van der Waals surface area contributed by atoms with Crippen molar-refractivity contribution >= 4 is 23.3 Å². The van der Waals surface area contributed by atoms with Crippen LogP contribution in [0.5, 0.6) is 0 Å². The van der Waals surface area contributed by atoms with E-state index >= 15 is 0 Å². The number of benzene rings is 1.